The van der Waals surface area contributed by atoms with Crippen LogP contribution in [0, 0.1) is 0 Å². The Morgan fingerprint density at radius 2 is 1.85 bits per heavy atom. The van der Waals surface area contributed by atoms with Crippen molar-refractivity contribution in [2.45, 2.75) is 18.6 Å². The summed E-state index contributed by atoms with van der Waals surface area (Å²) in [6.45, 7) is 2.29. The van der Waals surface area contributed by atoms with E-state index in [4.69, 9.17) is 21.1 Å². The van der Waals surface area contributed by atoms with Crippen molar-refractivity contribution in [3.63, 3.8) is 0 Å². The number of carbonyl (C=O) groups is 1. The molecule has 1 saturated heterocycles. The lowest BCUT2D eigenvalue weighted by molar-refractivity contribution is -0.00461. The fraction of sp³-hybridized carbons (Fsp3) is 0.533. The average molecular weight is 298 g/mol. The minimum Gasteiger partial charge on any atom is -0.377 e. The monoisotopic (exact) mass is 297 g/mol. The molecule has 0 saturated carbocycles. The molecular weight excluding hydrogens is 278 g/mol. The van der Waals surface area contributed by atoms with Crippen LogP contribution >= 0.6 is 11.6 Å². The Labute approximate surface area is 124 Å². The first-order chi connectivity index (χ1) is 9.65. The van der Waals surface area contributed by atoms with E-state index in [2.05, 4.69) is 4.90 Å². The van der Waals surface area contributed by atoms with E-state index in [1.54, 1.807) is 26.4 Å². The van der Waals surface area contributed by atoms with Crippen LogP contribution in [-0.4, -0.2) is 56.7 Å². The van der Waals surface area contributed by atoms with Gasteiger partial charge in [0, 0.05) is 45.8 Å². The van der Waals surface area contributed by atoms with Gasteiger partial charge in [-0.2, -0.15) is 0 Å². The summed E-state index contributed by atoms with van der Waals surface area (Å²) in [5, 5.41) is 0.517. The Morgan fingerprint density at radius 1 is 1.25 bits per heavy atom. The third kappa shape index (κ3) is 3.58. The van der Waals surface area contributed by atoms with E-state index in [-0.39, 0.29) is 18.0 Å². The van der Waals surface area contributed by atoms with Gasteiger partial charge in [-0.25, -0.2) is 0 Å². The largest absolute Gasteiger partial charge is 0.377 e. The zero-order valence-electron chi connectivity index (χ0n) is 11.8. The number of likely N-dealkylation sites (tertiary alicyclic amines) is 1. The third-order valence-corrected chi connectivity index (χ3v) is 4.06. The van der Waals surface area contributed by atoms with E-state index in [1.165, 1.54) is 0 Å². The molecule has 4 nitrogen and oxygen atoms in total. The molecule has 0 aromatic heterocycles. The topological polar surface area (TPSA) is 38.8 Å². The van der Waals surface area contributed by atoms with Gasteiger partial charge in [0.05, 0.1) is 17.2 Å². The van der Waals surface area contributed by atoms with E-state index in [0.29, 0.717) is 23.6 Å². The van der Waals surface area contributed by atoms with Crippen LogP contribution in [0.2, 0.25) is 5.02 Å². The maximum Gasteiger partial charge on any atom is 0.165 e. The SMILES string of the molecule is COC1CN(CCC(=O)c2ccccc2Cl)CC1OC. The minimum atomic E-state index is 0.0745. The summed E-state index contributed by atoms with van der Waals surface area (Å²) in [5.41, 5.74) is 0.597. The quantitative estimate of drug-likeness (QED) is 0.755. The molecule has 1 aromatic rings. The number of halogens is 1. The van der Waals surface area contributed by atoms with Gasteiger partial charge in [-0.05, 0) is 12.1 Å². The Hall–Kier alpha value is -0.940. The molecule has 1 aliphatic rings. The zero-order chi connectivity index (χ0) is 14.5. The normalized spacial score (nSPS) is 23.1. The highest BCUT2D eigenvalue weighted by Gasteiger charge is 2.32. The molecule has 0 radical (unpaired) electrons. The van der Waals surface area contributed by atoms with Gasteiger partial charge in [0.15, 0.2) is 5.78 Å². The van der Waals surface area contributed by atoms with Gasteiger partial charge in [-0.3, -0.25) is 9.69 Å². The van der Waals surface area contributed by atoms with Crippen molar-refractivity contribution in [1.82, 2.24) is 4.90 Å². The van der Waals surface area contributed by atoms with Gasteiger partial charge in [-0.15, -0.1) is 0 Å². The van der Waals surface area contributed by atoms with Crippen molar-refractivity contribution in [3.8, 4) is 0 Å². The predicted octanol–water partition coefficient (Wildman–Crippen LogP) is 2.26. The van der Waals surface area contributed by atoms with E-state index in [9.17, 15) is 4.79 Å². The smallest absolute Gasteiger partial charge is 0.165 e. The number of nitrogens with zero attached hydrogens (tertiary/aromatic N) is 1. The lowest BCUT2D eigenvalue weighted by Gasteiger charge is -2.14. The van der Waals surface area contributed by atoms with Crippen LogP contribution in [0.25, 0.3) is 0 Å². The van der Waals surface area contributed by atoms with Crippen LogP contribution in [0.1, 0.15) is 16.8 Å². The standard InChI is InChI=1S/C15H20ClNO3/c1-19-14-9-17(10-15(14)20-2)8-7-13(18)11-5-3-4-6-12(11)16/h3-6,14-15H,7-10H2,1-2H3. The first-order valence-electron chi connectivity index (χ1n) is 6.71. The second kappa shape index (κ2) is 7.18. The fourth-order valence-electron chi connectivity index (χ4n) is 2.54. The molecular formula is C15H20ClNO3. The number of hydrogen-bond acceptors (Lipinski definition) is 4. The van der Waals surface area contributed by atoms with Crippen molar-refractivity contribution in [1.29, 1.82) is 0 Å². The highest BCUT2D eigenvalue weighted by atomic mass is 35.5. The number of ketones is 1. The van der Waals surface area contributed by atoms with Gasteiger partial charge in [0.1, 0.15) is 0 Å². The number of benzene rings is 1. The third-order valence-electron chi connectivity index (χ3n) is 3.73. The Morgan fingerprint density at radius 3 is 2.40 bits per heavy atom. The van der Waals surface area contributed by atoms with Crippen molar-refractivity contribution < 1.29 is 14.3 Å². The average Bonchev–Trinajstić information content (AvgIpc) is 2.87. The molecule has 20 heavy (non-hydrogen) atoms. The maximum atomic E-state index is 12.2. The Kier molecular flexibility index (Phi) is 5.54. The first kappa shape index (κ1) is 15.4. The van der Waals surface area contributed by atoms with E-state index < -0.39 is 0 Å². The van der Waals surface area contributed by atoms with Crippen LogP contribution in [0.15, 0.2) is 24.3 Å². The lowest BCUT2D eigenvalue weighted by Crippen LogP contribution is -2.27. The summed E-state index contributed by atoms with van der Waals surface area (Å²) >= 11 is 6.03. The summed E-state index contributed by atoms with van der Waals surface area (Å²) in [4.78, 5) is 14.3. The molecule has 110 valence electrons. The summed E-state index contributed by atoms with van der Waals surface area (Å²) in [6, 6.07) is 7.17. The molecule has 5 heteroatoms. The number of carbonyl (C=O) groups excluding carboxylic acids is 1. The maximum absolute atomic E-state index is 12.2. The molecule has 1 heterocycles. The molecule has 0 N–H and O–H groups in total. The summed E-state index contributed by atoms with van der Waals surface area (Å²) in [5.74, 6) is 0.0745. The van der Waals surface area contributed by atoms with E-state index >= 15 is 0 Å². The van der Waals surface area contributed by atoms with Crippen LogP contribution in [-0.2, 0) is 9.47 Å². The molecule has 2 atom stereocenters. The molecule has 0 aliphatic carbocycles. The minimum absolute atomic E-state index is 0.0745. The molecule has 2 unspecified atom stereocenters. The summed E-state index contributed by atoms with van der Waals surface area (Å²) in [6.07, 6.45) is 0.613. The Balaban J connectivity index is 1.87. The molecule has 1 fully saturated rings. The highest BCUT2D eigenvalue weighted by molar-refractivity contribution is 6.33. The first-order valence-corrected chi connectivity index (χ1v) is 7.09. The highest BCUT2D eigenvalue weighted by Crippen LogP contribution is 2.19. The lowest BCUT2D eigenvalue weighted by atomic mass is 10.1. The molecule has 1 aliphatic heterocycles. The molecule has 0 bridgehead atoms. The number of Topliss-reactive ketones (excluding diaryl/α,β-unsaturated/α-hetero) is 1. The van der Waals surface area contributed by atoms with Crippen LogP contribution in [0.4, 0.5) is 0 Å². The second-order valence-corrected chi connectivity index (χ2v) is 5.37. The van der Waals surface area contributed by atoms with E-state index in [0.717, 1.165) is 13.1 Å². The second-order valence-electron chi connectivity index (χ2n) is 4.96. The molecule has 0 amide bonds. The van der Waals surface area contributed by atoms with Crippen molar-refractivity contribution in [2.75, 3.05) is 33.9 Å². The fourth-order valence-corrected chi connectivity index (χ4v) is 2.78. The van der Waals surface area contributed by atoms with Crippen molar-refractivity contribution in [2.24, 2.45) is 0 Å². The van der Waals surface area contributed by atoms with Crippen molar-refractivity contribution >= 4 is 17.4 Å². The molecule has 0 spiro atoms. The van der Waals surface area contributed by atoms with Crippen LogP contribution < -0.4 is 0 Å². The van der Waals surface area contributed by atoms with E-state index in [1.807, 2.05) is 12.1 Å². The number of rotatable bonds is 6. The summed E-state index contributed by atoms with van der Waals surface area (Å²) < 4.78 is 10.8. The molecule has 1 aromatic carbocycles. The van der Waals surface area contributed by atoms with Gasteiger partial charge in [0.2, 0.25) is 0 Å². The number of methoxy groups -OCH3 is 2. The number of hydrogen-bond donors (Lipinski definition) is 0. The van der Waals surface area contributed by atoms with Gasteiger partial charge in [0.25, 0.3) is 0 Å². The van der Waals surface area contributed by atoms with Crippen LogP contribution in [0.5, 0.6) is 0 Å². The van der Waals surface area contributed by atoms with Gasteiger partial charge in [-0.1, -0.05) is 23.7 Å². The van der Waals surface area contributed by atoms with Gasteiger partial charge < -0.3 is 9.47 Å². The summed E-state index contributed by atoms with van der Waals surface area (Å²) in [7, 11) is 3.38. The Bertz CT molecular complexity index is 454. The zero-order valence-corrected chi connectivity index (χ0v) is 12.6. The predicted molar refractivity (Wildman–Crippen MR) is 78.4 cm³/mol. The van der Waals surface area contributed by atoms with Gasteiger partial charge >= 0.3 is 0 Å². The van der Waals surface area contributed by atoms with Crippen molar-refractivity contribution in [3.05, 3.63) is 34.9 Å². The number of ether oxygens (including phenoxy) is 2. The molecule has 2 rings (SSSR count). The van der Waals surface area contributed by atoms with Crippen LogP contribution in [0.3, 0.4) is 0 Å².